The maximum Gasteiger partial charge on any atom is 0.0654 e. The van der Waals surface area contributed by atoms with Gasteiger partial charge >= 0.3 is 0 Å². The van der Waals surface area contributed by atoms with Crippen LogP contribution >= 0.6 is 15.9 Å². The lowest BCUT2D eigenvalue weighted by Crippen LogP contribution is -2.37. The van der Waals surface area contributed by atoms with Crippen molar-refractivity contribution < 1.29 is 5.11 Å². The van der Waals surface area contributed by atoms with Crippen LogP contribution in [-0.4, -0.2) is 17.8 Å². The summed E-state index contributed by atoms with van der Waals surface area (Å²) >= 11 is 3.44. The summed E-state index contributed by atoms with van der Waals surface area (Å²) in [5, 5.41) is 10.8. The van der Waals surface area contributed by atoms with E-state index < -0.39 is 0 Å². The van der Waals surface area contributed by atoms with Crippen molar-refractivity contribution in [1.29, 1.82) is 0 Å². The molecular weight excluding hydrogens is 302 g/mol. The molecule has 0 aromatic heterocycles. The summed E-state index contributed by atoms with van der Waals surface area (Å²) in [7, 11) is 0. The average molecular weight is 326 g/mol. The predicted octanol–water partition coefficient (Wildman–Crippen LogP) is 3.68. The van der Waals surface area contributed by atoms with Gasteiger partial charge in [-0.2, -0.15) is 0 Å². The van der Waals surface area contributed by atoms with Crippen LogP contribution in [0.3, 0.4) is 0 Å². The largest absolute Gasteiger partial charge is 0.392 e. The summed E-state index contributed by atoms with van der Waals surface area (Å²) in [6.45, 7) is 5.03. The summed E-state index contributed by atoms with van der Waals surface area (Å²) < 4.78 is 1.06. The number of hydrogen-bond donors (Lipinski definition) is 2. The lowest BCUT2D eigenvalue weighted by Gasteiger charge is -2.35. The molecule has 0 saturated heterocycles. The second-order valence-electron chi connectivity index (χ2n) is 6.37. The standard InChI is InChI=1S/C16H24BrNO/c1-16(2)9-3-4-14(16)15(19)13(10-18)11-5-7-12(17)8-6-11/h5-8,13-15,19H,3-4,9-10,18H2,1-2H3. The Bertz CT molecular complexity index is 415. The Labute approximate surface area is 124 Å². The van der Waals surface area contributed by atoms with Crippen LogP contribution < -0.4 is 5.73 Å². The molecule has 19 heavy (non-hydrogen) atoms. The summed E-state index contributed by atoms with van der Waals surface area (Å²) in [6, 6.07) is 8.16. The zero-order valence-corrected chi connectivity index (χ0v) is 13.4. The van der Waals surface area contributed by atoms with Crippen LogP contribution in [0, 0.1) is 11.3 Å². The smallest absolute Gasteiger partial charge is 0.0654 e. The quantitative estimate of drug-likeness (QED) is 0.887. The van der Waals surface area contributed by atoms with E-state index in [1.807, 2.05) is 12.1 Å². The van der Waals surface area contributed by atoms with E-state index in [4.69, 9.17) is 5.73 Å². The minimum Gasteiger partial charge on any atom is -0.392 e. The molecule has 2 nitrogen and oxygen atoms in total. The zero-order valence-electron chi connectivity index (χ0n) is 11.8. The van der Waals surface area contributed by atoms with Gasteiger partial charge in [0.2, 0.25) is 0 Å². The number of hydrogen-bond acceptors (Lipinski definition) is 2. The lowest BCUT2D eigenvalue weighted by atomic mass is 9.73. The molecule has 3 heteroatoms. The minimum atomic E-state index is -0.344. The van der Waals surface area contributed by atoms with E-state index >= 15 is 0 Å². The molecule has 0 spiro atoms. The van der Waals surface area contributed by atoms with Crippen molar-refractivity contribution in [1.82, 2.24) is 0 Å². The van der Waals surface area contributed by atoms with E-state index in [2.05, 4.69) is 41.9 Å². The maximum absolute atomic E-state index is 10.8. The third-order valence-electron chi connectivity index (χ3n) is 4.72. The second kappa shape index (κ2) is 5.94. The first-order chi connectivity index (χ1) is 8.95. The molecule has 1 aliphatic carbocycles. The van der Waals surface area contributed by atoms with Gasteiger partial charge in [-0.05, 0) is 41.9 Å². The highest BCUT2D eigenvalue weighted by Gasteiger charge is 2.41. The Morgan fingerprint density at radius 3 is 2.47 bits per heavy atom. The normalized spacial score (nSPS) is 25.2. The van der Waals surface area contributed by atoms with Crippen molar-refractivity contribution in [3.8, 4) is 0 Å². The molecule has 1 aromatic carbocycles. The van der Waals surface area contributed by atoms with Gasteiger partial charge in [0, 0.05) is 16.9 Å². The molecular formula is C16H24BrNO. The number of rotatable bonds is 4. The van der Waals surface area contributed by atoms with Gasteiger partial charge in [-0.3, -0.25) is 0 Å². The van der Waals surface area contributed by atoms with Gasteiger partial charge in [0.05, 0.1) is 6.10 Å². The summed E-state index contributed by atoms with van der Waals surface area (Å²) in [5.41, 5.74) is 7.29. The Hall–Kier alpha value is -0.380. The topological polar surface area (TPSA) is 46.2 Å². The first kappa shape index (κ1) is 15.0. The summed E-state index contributed by atoms with van der Waals surface area (Å²) in [5.74, 6) is 0.389. The van der Waals surface area contributed by atoms with Crippen LogP contribution in [0.25, 0.3) is 0 Å². The monoisotopic (exact) mass is 325 g/mol. The molecule has 0 aliphatic heterocycles. The van der Waals surface area contributed by atoms with Gasteiger partial charge in [0.25, 0.3) is 0 Å². The van der Waals surface area contributed by atoms with Gasteiger partial charge in [0.1, 0.15) is 0 Å². The van der Waals surface area contributed by atoms with E-state index in [1.165, 1.54) is 12.8 Å². The van der Waals surface area contributed by atoms with Crippen molar-refractivity contribution >= 4 is 15.9 Å². The number of benzene rings is 1. The number of aliphatic hydroxyl groups excluding tert-OH is 1. The van der Waals surface area contributed by atoms with Crippen molar-refractivity contribution in [2.24, 2.45) is 17.1 Å². The first-order valence-electron chi connectivity index (χ1n) is 7.09. The van der Waals surface area contributed by atoms with Crippen molar-refractivity contribution in [3.05, 3.63) is 34.3 Å². The first-order valence-corrected chi connectivity index (χ1v) is 7.88. The maximum atomic E-state index is 10.8. The number of halogens is 1. The molecule has 1 aliphatic rings. The molecule has 1 saturated carbocycles. The minimum absolute atomic E-state index is 0.0375. The third-order valence-corrected chi connectivity index (χ3v) is 5.25. The van der Waals surface area contributed by atoms with E-state index in [1.54, 1.807) is 0 Å². The van der Waals surface area contributed by atoms with Gasteiger partial charge < -0.3 is 10.8 Å². The van der Waals surface area contributed by atoms with Gasteiger partial charge in [-0.15, -0.1) is 0 Å². The van der Waals surface area contributed by atoms with Gasteiger partial charge in [-0.1, -0.05) is 48.3 Å². The Kier molecular flexibility index (Phi) is 4.70. The molecule has 106 valence electrons. The Morgan fingerprint density at radius 2 is 2.00 bits per heavy atom. The molecule has 1 aromatic rings. The SMILES string of the molecule is CC1(C)CCCC1C(O)C(CN)c1ccc(Br)cc1. The average Bonchev–Trinajstić information content (AvgIpc) is 2.72. The molecule has 0 radical (unpaired) electrons. The summed E-state index contributed by atoms with van der Waals surface area (Å²) in [4.78, 5) is 0. The highest BCUT2D eigenvalue weighted by Crippen LogP contribution is 2.46. The highest BCUT2D eigenvalue weighted by molar-refractivity contribution is 9.10. The van der Waals surface area contributed by atoms with Crippen LogP contribution in [0.2, 0.25) is 0 Å². The van der Waals surface area contributed by atoms with Crippen LogP contribution in [0.1, 0.15) is 44.6 Å². The van der Waals surface area contributed by atoms with Crippen molar-refractivity contribution in [2.45, 2.75) is 45.1 Å². The lowest BCUT2D eigenvalue weighted by molar-refractivity contribution is 0.0346. The van der Waals surface area contributed by atoms with Crippen molar-refractivity contribution in [3.63, 3.8) is 0 Å². The van der Waals surface area contributed by atoms with Crippen LogP contribution in [0.4, 0.5) is 0 Å². The second-order valence-corrected chi connectivity index (χ2v) is 7.29. The van der Waals surface area contributed by atoms with E-state index in [0.29, 0.717) is 12.5 Å². The van der Waals surface area contributed by atoms with Gasteiger partial charge in [-0.25, -0.2) is 0 Å². The molecule has 0 heterocycles. The fourth-order valence-electron chi connectivity index (χ4n) is 3.45. The van der Waals surface area contributed by atoms with E-state index in [0.717, 1.165) is 16.5 Å². The van der Waals surface area contributed by atoms with E-state index in [-0.39, 0.29) is 17.4 Å². The Morgan fingerprint density at radius 1 is 1.37 bits per heavy atom. The van der Waals surface area contributed by atoms with E-state index in [9.17, 15) is 5.11 Å². The van der Waals surface area contributed by atoms with Gasteiger partial charge in [0.15, 0.2) is 0 Å². The predicted molar refractivity (Wildman–Crippen MR) is 83.1 cm³/mol. The molecule has 1 fully saturated rings. The van der Waals surface area contributed by atoms with Crippen LogP contribution in [0.15, 0.2) is 28.7 Å². The number of nitrogens with two attached hydrogens (primary N) is 1. The third kappa shape index (κ3) is 3.21. The molecule has 3 N–H and O–H groups in total. The molecule has 2 rings (SSSR count). The van der Waals surface area contributed by atoms with Crippen molar-refractivity contribution in [2.75, 3.05) is 6.54 Å². The Balaban J connectivity index is 2.19. The summed E-state index contributed by atoms with van der Waals surface area (Å²) in [6.07, 6.45) is 3.18. The fraction of sp³-hybridized carbons (Fsp3) is 0.625. The zero-order chi connectivity index (χ0) is 14.0. The molecule has 0 amide bonds. The number of aliphatic hydroxyl groups is 1. The van der Waals surface area contributed by atoms with Crippen LogP contribution in [-0.2, 0) is 0 Å². The highest BCUT2D eigenvalue weighted by atomic mass is 79.9. The van der Waals surface area contributed by atoms with Crippen LogP contribution in [0.5, 0.6) is 0 Å². The molecule has 3 atom stereocenters. The molecule has 0 bridgehead atoms. The fourth-order valence-corrected chi connectivity index (χ4v) is 3.71. The molecule has 3 unspecified atom stereocenters.